The molecule has 0 saturated carbocycles. The highest BCUT2D eigenvalue weighted by Crippen LogP contribution is 2.26. The third kappa shape index (κ3) is 3.55. The normalized spacial score (nSPS) is 11.0. The lowest BCUT2D eigenvalue weighted by molar-refractivity contribution is 0.102. The first-order valence-electron chi connectivity index (χ1n) is 9.61. The predicted octanol–water partition coefficient (Wildman–Crippen LogP) is 4.28. The largest absolute Gasteiger partial charge is 0.306 e. The molecular weight excluding hydrogens is 395 g/mol. The molecule has 0 atom stereocenters. The Kier molecular flexibility index (Phi) is 4.51. The molecule has 3 aromatic heterocycles. The van der Waals surface area contributed by atoms with Crippen molar-refractivity contribution in [3.05, 3.63) is 96.2 Å². The Labute approximate surface area is 176 Å². The molecule has 0 fully saturated rings. The van der Waals surface area contributed by atoms with Crippen LogP contribution in [0.4, 0.5) is 10.2 Å². The van der Waals surface area contributed by atoms with E-state index in [0.717, 1.165) is 11.1 Å². The van der Waals surface area contributed by atoms with Gasteiger partial charge in [0.1, 0.15) is 17.3 Å². The van der Waals surface area contributed by atoms with Gasteiger partial charge in [0.15, 0.2) is 5.65 Å². The predicted molar refractivity (Wildman–Crippen MR) is 115 cm³/mol. The first-order valence-corrected chi connectivity index (χ1v) is 9.61. The highest BCUT2D eigenvalue weighted by molar-refractivity contribution is 6.07. The number of carbonyl (C=O) groups is 1. The second kappa shape index (κ2) is 7.49. The van der Waals surface area contributed by atoms with Crippen LogP contribution in [-0.4, -0.2) is 30.3 Å². The first-order chi connectivity index (χ1) is 15.1. The van der Waals surface area contributed by atoms with Crippen molar-refractivity contribution in [2.75, 3.05) is 5.32 Å². The number of carbonyl (C=O) groups excluding carboxylic acids is 1. The van der Waals surface area contributed by atoms with Crippen LogP contribution in [0.15, 0.2) is 79.3 Å². The highest BCUT2D eigenvalue weighted by atomic mass is 19.1. The van der Waals surface area contributed by atoms with Crippen molar-refractivity contribution in [2.45, 2.75) is 6.92 Å². The number of rotatable bonds is 4. The Morgan fingerprint density at radius 1 is 1.03 bits per heavy atom. The average Bonchev–Trinajstić information content (AvgIpc) is 3.42. The Morgan fingerprint density at radius 3 is 2.68 bits per heavy atom. The van der Waals surface area contributed by atoms with Crippen molar-refractivity contribution >= 4 is 17.4 Å². The van der Waals surface area contributed by atoms with Gasteiger partial charge in [-0.15, -0.1) is 0 Å². The number of fused-ring (bicyclic) bond motifs is 1. The third-order valence-corrected chi connectivity index (χ3v) is 4.87. The number of nitrogens with one attached hydrogen (secondary N) is 1. The summed E-state index contributed by atoms with van der Waals surface area (Å²) in [7, 11) is 0. The number of hydrogen-bond acceptors (Lipinski definition) is 4. The zero-order chi connectivity index (χ0) is 21.4. The molecule has 3 heterocycles. The van der Waals surface area contributed by atoms with Crippen LogP contribution in [0.25, 0.3) is 22.6 Å². The van der Waals surface area contributed by atoms with E-state index in [9.17, 15) is 9.18 Å². The Hall–Kier alpha value is -4.33. The van der Waals surface area contributed by atoms with Crippen LogP contribution in [0.2, 0.25) is 0 Å². The fraction of sp³-hybridized carbons (Fsp3) is 0.0435. The Morgan fingerprint density at radius 2 is 1.87 bits per heavy atom. The van der Waals surface area contributed by atoms with Gasteiger partial charge >= 0.3 is 0 Å². The highest BCUT2D eigenvalue weighted by Gasteiger charge is 2.20. The number of halogens is 1. The topological polar surface area (TPSA) is 77.1 Å². The minimum Gasteiger partial charge on any atom is -0.306 e. The van der Waals surface area contributed by atoms with Crippen LogP contribution in [0, 0.1) is 12.7 Å². The molecule has 7 nitrogen and oxygen atoms in total. The molecule has 0 aliphatic rings. The summed E-state index contributed by atoms with van der Waals surface area (Å²) in [4.78, 5) is 17.5. The summed E-state index contributed by atoms with van der Waals surface area (Å²) in [5.74, 6) is -0.189. The summed E-state index contributed by atoms with van der Waals surface area (Å²) < 4.78 is 16.5. The molecule has 0 unspecified atom stereocenters. The Balaban J connectivity index is 1.59. The van der Waals surface area contributed by atoms with Gasteiger partial charge in [-0.1, -0.05) is 23.8 Å². The molecule has 152 valence electrons. The number of anilines is 1. The summed E-state index contributed by atoms with van der Waals surface area (Å²) in [5.41, 5.74) is 4.03. The second-order valence-corrected chi connectivity index (χ2v) is 7.07. The summed E-state index contributed by atoms with van der Waals surface area (Å²) in [6.45, 7) is 1.98. The van der Waals surface area contributed by atoms with Crippen molar-refractivity contribution in [3.8, 4) is 16.9 Å². The van der Waals surface area contributed by atoms with Gasteiger partial charge in [0, 0.05) is 24.0 Å². The van der Waals surface area contributed by atoms with Gasteiger partial charge in [-0.05, 0) is 43.3 Å². The summed E-state index contributed by atoms with van der Waals surface area (Å²) in [6, 6.07) is 17.1. The van der Waals surface area contributed by atoms with Crippen LogP contribution < -0.4 is 5.32 Å². The van der Waals surface area contributed by atoms with E-state index in [1.807, 2.05) is 31.2 Å². The maximum Gasteiger partial charge on any atom is 0.260 e. The fourth-order valence-corrected chi connectivity index (χ4v) is 3.38. The van der Waals surface area contributed by atoms with E-state index in [1.165, 1.54) is 12.1 Å². The van der Waals surface area contributed by atoms with Gasteiger partial charge in [0.05, 0.1) is 17.4 Å². The van der Waals surface area contributed by atoms with Gasteiger partial charge in [0.25, 0.3) is 5.91 Å². The quantitative estimate of drug-likeness (QED) is 0.478. The summed E-state index contributed by atoms with van der Waals surface area (Å²) in [5, 5.41) is 11.7. The lowest BCUT2D eigenvalue weighted by atomic mass is 10.1. The Bertz CT molecular complexity index is 1400. The first kappa shape index (κ1) is 18.7. The number of benzene rings is 2. The molecule has 0 aliphatic heterocycles. The molecule has 2 aromatic carbocycles. The number of amides is 1. The zero-order valence-electron chi connectivity index (χ0n) is 16.5. The van der Waals surface area contributed by atoms with Gasteiger partial charge in [-0.25, -0.2) is 14.1 Å². The number of hydrogen-bond donors (Lipinski definition) is 1. The van der Waals surface area contributed by atoms with Crippen LogP contribution in [0.5, 0.6) is 0 Å². The SMILES string of the molecule is Cc1cccc(-c2nn(-c3ccc(F)cc3)cc2C(=O)Nc2ccnc3ccnn23)c1. The molecule has 8 heteroatoms. The fourth-order valence-electron chi connectivity index (χ4n) is 3.38. The van der Waals surface area contributed by atoms with Crippen LogP contribution in [-0.2, 0) is 0 Å². The smallest absolute Gasteiger partial charge is 0.260 e. The molecule has 5 rings (SSSR count). The van der Waals surface area contributed by atoms with Gasteiger partial charge in [-0.3, -0.25) is 4.79 Å². The molecule has 0 bridgehead atoms. The minimum atomic E-state index is -0.340. The lowest BCUT2D eigenvalue weighted by Gasteiger charge is -2.07. The lowest BCUT2D eigenvalue weighted by Crippen LogP contribution is -2.15. The summed E-state index contributed by atoms with van der Waals surface area (Å²) in [6.07, 6.45) is 4.86. The minimum absolute atomic E-state index is 0.339. The van der Waals surface area contributed by atoms with Crippen molar-refractivity contribution < 1.29 is 9.18 Å². The van der Waals surface area contributed by atoms with E-state index in [2.05, 4.69) is 20.5 Å². The van der Waals surface area contributed by atoms with E-state index in [-0.39, 0.29) is 11.7 Å². The number of aromatic nitrogens is 5. The number of aryl methyl sites for hydroxylation is 1. The van der Waals surface area contributed by atoms with Crippen LogP contribution >= 0.6 is 0 Å². The van der Waals surface area contributed by atoms with Crippen LogP contribution in [0.1, 0.15) is 15.9 Å². The zero-order valence-corrected chi connectivity index (χ0v) is 16.5. The standard InChI is InChI=1S/C23H17FN6O/c1-15-3-2-4-16(13-15)22-19(14-29(28-22)18-7-5-17(24)6-8-18)23(31)27-21-9-11-25-20-10-12-26-30(20)21/h2-14H,1H3,(H,27,31). The molecule has 0 saturated heterocycles. The second-order valence-electron chi connectivity index (χ2n) is 7.07. The molecule has 0 radical (unpaired) electrons. The molecule has 1 N–H and O–H groups in total. The maximum absolute atomic E-state index is 13.4. The van der Waals surface area contributed by atoms with Crippen molar-refractivity contribution in [3.63, 3.8) is 0 Å². The molecule has 0 aliphatic carbocycles. The molecule has 31 heavy (non-hydrogen) atoms. The monoisotopic (exact) mass is 412 g/mol. The van der Waals surface area contributed by atoms with Gasteiger partial charge < -0.3 is 5.32 Å². The van der Waals surface area contributed by atoms with Gasteiger partial charge in [0.2, 0.25) is 0 Å². The van der Waals surface area contributed by atoms with E-state index < -0.39 is 0 Å². The van der Waals surface area contributed by atoms with Crippen LogP contribution in [0.3, 0.4) is 0 Å². The number of nitrogens with zero attached hydrogens (tertiary/aromatic N) is 5. The molecular formula is C23H17FN6O. The average molecular weight is 412 g/mol. The van der Waals surface area contributed by atoms with E-state index >= 15 is 0 Å². The van der Waals surface area contributed by atoms with Crippen molar-refractivity contribution in [1.82, 2.24) is 24.4 Å². The van der Waals surface area contributed by atoms with E-state index in [1.54, 1.807) is 52.1 Å². The van der Waals surface area contributed by atoms with E-state index in [0.29, 0.717) is 28.4 Å². The van der Waals surface area contributed by atoms with Crippen molar-refractivity contribution in [1.29, 1.82) is 0 Å². The van der Waals surface area contributed by atoms with Gasteiger partial charge in [-0.2, -0.15) is 14.7 Å². The molecule has 5 aromatic rings. The molecule has 1 amide bonds. The van der Waals surface area contributed by atoms with E-state index in [4.69, 9.17) is 0 Å². The van der Waals surface area contributed by atoms with Crippen molar-refractivity contribution in [2.24, 2.45) is 0 Å². The molecule has 0 spiro atoms. The summed E-state index contributed by atoms with van der Waals surface area (Å²) >= 11 is 0. The third-order valence-electron chi connectivity index (χ3n) is 4.87. The maximum atomic E-state index is 13.4.